The second-order valence-electron chi connectivity index (χ2n) is 5.70. The molecule has 26 heavy (non-hydrogen) atoms. The van der Waals surface area contributed by atoms with Crippen molar-refractivity contribution in [2.45, 2.75) is 5.92 Å². The molecule has 138 valence electrons. The molecule has 1 aliphatic rings. The number of carboxylic acid groups (broad SMARTS) is 1. The van der Waals surface area contributed by atoms with Crippen LogP contribution in [0.15, 0.2) is 48.5 Å². The summed E-state index contributed by atoms with van der Waals surface area (Å²) in [5.74, 6) is -1.03. The fourth-order valence-electron chi connectivity index (χ4n) is 3.03. The Hall–Kier alpha value is -2.90. The van der Waals surface area contributed by atoms with Gasteiger partial charge >= 0.3 is 12.1 Å². The SMILES string of the molecule is N.O=C(O)COCCNC(=O)OCC1c2ccccc2-c2ccccc21. The van der Waals surface area contributed by atoms with Crippen molar-refractivity contribution in [3.8, 4) is 11.1 Å². The Morgan fingerprint density at radius 2 is 1.58 bits per heavy atom. The Morgan fingerprint density at radius 3 is 2.15 bits per heavy atom. The molecule has 0 unspecified atom stereocenters. The van der Waals surface area contributed by atoms with Crippen LogP contribution in [0, 0.1) is 0 Å². The highest BCUT2D eigenvalue weighted by Gasteiger charge is 2.28. The number of aliphatic carboxylic acids is 1. The van der Waals surface area contributed by atoms with E-state index in [9.17, 15) is 9.59 Å². The molecule has 2 aromatic rings. The van der Waals surface area contributed by atoms with E-state index in [1.807, 2.05) is 24.3 Å². The molecule has 0 heterocycles. The van der Waals surface area contributed by atoms with Crippen molar-refractivity contribution in [1.29, 1.82) is 0 Å². The van der Waals surface area contributed by atoms with Gasteiger partial charge in [-0.05, 0) is 22.3 Å². The van der Waals surface area contributed by atoms with Gasteiger partial charge in [0.2, 0.25) is 0 Å². The summed E-state index contributed by atoms with van der Waals surface area (Å²) >= 11 is 0. The number of carbonyl (C=O) groups is 2. The van der Waals surface area contributed by atoms with Crippen molar-refractivity contribution in [3.63, 3.8) is 0 Å². The summed E-state index contributed by atoms with van der Waals surface area (Å²) in [5.41, 5.74) is 4.66. The summed E-state index contributed by atoms with van der Waals surface area (Å²) in [4.78, 5) is 22.1. The summed E-state index contributed by atoms with van der Waals surface area (Å²) in [5, 5.41) is 11.0. The van der Waals surface area contributed by atoms with Gasteiger partial charge in [-0.2, -0.15) is 0 Å². The molecule has 0 aromatic heterocycles. The van der Waals surface area contributed by atoms with Crippen LogP contribution >= 0.6 is 0 Å². The Balaban J connectivity index is 0.00000243. The minimum absolute atomic E-state index is 0. The minimum atomic E-state index is -1.04. The number of amides is 1. The van der Waals surface area contributed by atoms with Gasteiger partial charge in [0, 0.05) is 12.5 Å². The number of fused-ring (bicyclic) bond motifs is 3. The van der Waals surface area contributed by atoms with Gasteiger partial charge in [0.1, 0.15) is 13.2 Å². The van der Waals surface area contributed by atoms with Crippen LogP contribution in [0.25, 0.3) is 11.1 Å². The molecule has 0 saturated heterocycles. The highest BCUT2D eigenvalue weighted by Crippen LogP contribution is 2.44. The average molecular weight is 358 g/mol. The van der Waals surface area contributed by atoms with E-state index in [0.717, 1.165) is 11.1 Å². The second-order valence-corrected chi connectivity index (χ2v) is 5.70. The first kappa shape index (κ1) is 19.4. The number of carboxylic acids is 1. The third-order valence-corrected chi connectivity index (χ3v) is 4.08. The van der Waals surface area contributed by atoms with Crippen molar-refractivity contribution in [2.24, 2.45) is 0 Å². The molecule has 5 N–H and O–H groups in total. The van der Waals surface area contributed by atoms with Crippen LogP contribution in [0.2, 0.25) is 0 Å². The van der Waals surface area contributed by atoms with E-state index in [1.165, 1.54) is 11.1 Å². The minimum Gasteiger partial charge on any atom is -0.480 e. The molecule has 7 nitrogen and oxygen atoms in total. The predicted molar refractivity (Wildman–Crippen MR) is 96.5 cm³/mol. The maximum atomic E-state index is 11.8. The van der Waals surface area contributed by atoms with E-state index in [-0.39, 0.29) is 38.4 Å². The van der Waals surface area contributed by atoms with Gasteiger partial charge in [0.25, 0.3) is 0 Å². The van der Waals surface area contributed by atoms with Crippen LogP contribution in [0.4, 0.5) is 4.79 Å². The van der Waals surface area contributed by atoms with E-state index in [1.54, 1.807) is 0 Å². The fourth-order valence-corrected chi connectivity index (χ4v) is 3.03. The topological polar surface area (TPSA) is 120 Å². The lowest BCUT2D eigenvalue weighted by molar-refractivity contribution is -0.142. The van der Waals surface area contributed by atoms with Gasteiger partial charge in [-0.3, -0.25) is 0 Å². The summed E-state index contributed by atoms with van der Waals surface area (Å²) < 4.78 is 10.2. The Bertz CT molecular complexity index is 733. The summed E-state index contributed by atoms with van der Waals surface area (Å²) in [7, 11) is 0. The number of hydrogen-bond donors (Lipinski definition) is 3. The number of rotatable bonds is 7. The zero-order chi connectivity index (χ0) is 17.6. The molecule has 1 aliphatic carbocycles. The van der Waals surface area contributed by atoms with E-state index in [0.29, 0.717) is 0 Å². The van der Waals surface area contributed by atoms with Crippen molar-refractivity contribution in [2.75, 3.05) is 26.4 Å². The van der Waals surface area contributed by atoms with Crippen molar-refractivity contribution in [3.05, 3.63) is 59.7 Å². The molecule has 0 bridgehead atoms. The van der Waals surface area contributed by atoms with Gasteiger partial charge in [-0.1, -0.05) is 48.5 Å². The highest BCUT2D eigenvalue weighted by atomic mass is 16.5. The molecule has 1 amide bonds. The number of benzene rings is 2. The number of nitrogens with one attached hydrogen (secondary N) is 1. The lowest BCUT2D eigenvalue weighted by Gasteiger charge is -2.14. The molecular weight excluding hydrogens is 336 g/mol. The van der Waals surface area contributed by atoms with Crippen LogP contribution in [0.1, 0.15) is 17.0 Å². The largest absolute Gasteiger partial charge is 0.480 e. The maximum Gasteiger partial charge on any atom is 0.407 e. The number of ether oxygens (including phenoxy) is 2. The van der Waals surface area contributed by atoms with Gasteiger partial charge in [-0.15, -0.1) is 0 Å². The molecule has 0 fully saturated rings. The lowest BCUT2D eigenvalue weighted by atomic mass is 9.98. The van der Waals surface area contributed by atoms with Gasteiger partial charge in [0.05, 0.1) is 6.61 Å². The van der Waals surface area contributed by atoms with E-state index >= 15 is 0 Å². The fraction of sp³-hybridized carbons (Fsp3) is 0.263. The summed E-state index contributed by atoms with van der Waals surface area (Å²) in [6.45, 7) is 0.183. The second kappa shape index (κ2) is 8.98. The van der Waals surface area contributed by atoms with Crippen molar-refractivity contribution in [1.82, 2.24) is 11.5 Å². The molecule has 0 saturated carbocycles. The van der Waals surface area contributed by atoms with Crippen LogP contribution in [0.3, 0.4) is 0 Å². The maximum absolute atomic E-state index is 11.8. The van der Waals surface area contributed by atoms with Crippen molar-refractivity contribution < 1.29 is 24.2 Å². The molecule has 0 aliphatic heterocycles. The number of alkyl carbamates (subject to hydrolysis) is 1. The van der Waals surface area contributed by atoms with Crippen LogP contribution in [-0.4, -0.2) is 43.5 Å². The Morgan fingerprint density at radius 1 is 1.00 bits per heavy atom. The van der Waals surface area contributed by atoms with Crippen LogP contribution in [0.5, 0.6) is 0 Å². The number of carbonyl (C=O) groups excluding carboxylic acids is 1. The first-order valence-corrected chi connectivity index (χ1v) is 8.05. The number of hydrogen-bond acceptors (Lipinski definition) is 5. The first-order chi connectivity index (χ1) is 12.2. The molecular formula is C19H22N2O5. The normalized spacial score (nSPS) is 11.8. The quantitative estimate of drug-likeness (QED) is 0.655. The van der Waals surface area contributed by atoms with Crippen molar-refractivity contribution >= 4 is 12.1 Å². The zero-order valence-corrected chi connectivity index (χ0v) is 14.3. The zero-order valence-electron chi connectivity index (χ0n) is 14.3. The predicted octanol–water partition coefficient (Wildman–Crippen LogP) is 2.79. The van der Waals surface area contributed by atoms with E-state index in [4.69, 9.17) is 14.6 Å². The lowest BCUT2D eigenvalue weighted by Crippen LogP contribution is -2.29. The highest BCUT2D eigenvalue weighted by molar-refractivity contribution is 5.79. The molecule has 2 aromatic carbocycles. The Kier molecular flexibility index (Phi) is 6.71. The summed E-state index contributed by atoms with van der Waals surface area (Å²) in [6, 6.07) is 16.2. The first-order valence-electron chi connectivity index (χ1n) is 8.05. The van der Waals surface area contributed by atoms with Gasteiger partial charge < -0.3 is 26.0 Å². The van der Waals surface area contributed by atoms with Crippen LogP contribution in [-0.2, 0) is 14.3 Å². The Labute approximate surface area is 151 Å². The standard InChI is InChI=1S/C19H19NO5.H3N/c21-18(22)12-24-10-9-20-19(23)25-11-17-15-7-3-1-5-13(15)14-6-2-4-8-16(14)17;/h1-8,17H,9-12H2,(H,20,23)(H,21,22);1H3. The van der Waals surface area contributed by atoms with E-state index < -0.39 is 12.1 Å². The third kappa shape index (κ3) is 4.38. The van der Waals surface area contributed by atoms with Crippen LogP contribution < -0.4 is 11.5 Å². The average Bonchev–Trinajstić information content (AvgIpc) is 2.93. The monoisotopic (exact) mass is 358 g/mol. The summed E-state index contributed by atoms with van der Waals surface area (Å²) in [6.07, 6.45) is -0.541. The smallest absolute Gasteiger partial charge is 0.407 e. The van der Waals surface area contributed by atoms with Gasteiger partial charge in [0.15, 0.2) is 0 Å². The molecule has 0 radical (unpaired) electrons. The third-order valence-electron chi connectivity index (χ3n) is 4.08. The molecule has 0 atom stereocenters. The molecule has 3 rings (SSSR count). The van der Waals surface area contributed by atoms with Gasteiger partial charge in [-0.25, -0.2) is 9.59 Å². The molecule has 7 heteroatoms. The van der Waals surface area contributed by atoms with E-state index in [2.05, 4.69) is 29.6 Å². The molecule has 0 spiro atoms.